The maximum atomic E-state index is 5.51. The molecule has 0 aliphatic carbocycles. The van der Waals surface area contributed by atoms with Gasteiger partial charge in [0.05, 0.1) is 6.61 Å². The van der Waals surface area contributed by atoms with Crippen LogP contribution in [0.5, 0.6) is 0 Å². The first kappa shape index (κ1) is 14.9. The molecule has 0 amide bonds. The number of rotatable bonds is 10. The fourth-order valence-corrected chi connectivity index (χ4v) is 1.95. The van der Waals surface area contributed by atoms with Crippen LogP contribution in [0.25, 0.3) is 0 Å². The Morgan fingerprint density at radius 2 is 1.80 bits per heavy atom. The van der Waals surface area contributed by atoms with Crippen LogP contribution >= 0.6 is 0 Å². The Bertz CT molecular complexity index is 127. The van der Waals surface area contributed by atoms with Gasteiger partial charge in [0.15, 0.2) is 0 Å². The monoisotopic (exact) mass is 216 g/mol. The average molecular weight is 216 g/mol. The van der Waals surface area contributed by atoms with Crippen LogP contribution in [0.15, 0.2) is 0 Å². The Labute approximate surface area is 95.0 Å². The molecule has 0 bridgehead atoms. The van der Waals surface area contributed by atoms with Gasteiger partial charge in [0.2, 0.25) is 0 Å². The number of nitrogens with two attached hydrogens (primary N) is 1. The van der Waals surface area contributed by atoms with Crippen LogP contribution in [0.3, 0.4) is 0 Å². The van der Waals surface area contributed by atoms with Gasteiger partial charge in [-0.3, -0.25) is 4.90 Å². The van der Waals surface area contributed by atoms with E-state index in [2.05, 4.69) is 18.7 Å². The van der Waals surface area contributed by atoms with Crippen molar-refractivity contribution in [2.45, 2.75) is 45.6 Å². The molecular weight excluding hydrogens is 188 g/mol. The Morgan fingerprint density at radius 1 is 1.13 bits per heavy atom. The smallest absolute Gasteiger partial charge is 0.0589 e. The second kappa shape index (κ2) is 10.4. The highest BCUT2D eigenvalue weighted by molar-refractivity contribution is 4.69. The van der Waals surface area contributed by atoms with Crippen molar-refractivity contribution >= 4 is 0 Å². The summed E-state index contributed by atoms with van der Waals surface area (Å²) in [6.45, 7) is 8.37. The van der Waals surface area contributed by atoms with Crippen molar-refractivity contribution in [1.82, 2.24) is 4.90 Å². The molecule has 3 heteroatoms. The van der Waals surface area contributed by atoms with Gasteiger partial charge in [-0.15, -0.1) is 0 Å². The van der Waals surface area contributed by atoms with Crippen LogP contribution in [0, 0.1) is 0 Å². The molecular formula is C12H28N2O. The minimum atomic E-state index is 0.706. The quantitative estimate of drug-likeness (QED) is 0.567. The molecule has 0 fully saturated rings. The summed E-state index contributed by atoms with van der Waals surface area (Å²) in [5, 5.41) is 0. The average Bonchev–Trinajstić information content (AvgIpc) is 2.26. The van der Waals surface area contributed by atoms with Crippen molar-refractivity contribution < 1.29 is 4.74 Å². The first-order valence-electron chi connectivity index (χ1n) is 6.23. The van der Waals surface area contributed by atoms with Gasteiger partial charge in [-0.1, -0.05) is 13.8 Å². The summed E-state index contributed by atoms with van der Waals surface area (Å²) < 4.78 is 5.15. The molecule has 2 N–H and O–H groups in total. The van der Waals surface area contributed by atoms with Gasteiger partial charge in [0.25, 0.3) is 0 Å². The SMILES string of the molecule is CCC(CC)N(CCCCN)CCOC. The second-order valence-electron chi connectivity index (χ2n) is 3.99. The van der Waals surface area contributed by atoms with Crippen LogP contribution in [-0.2, 0) is 4.74 Å². The highest BCUT2D eigenvalue weighted by Gasteiger charge is 2.13. The van der Waals surface area contributed by atoms with E-state index in [9.17, 15) is 0 Å². The summed E-state index contributed by atoms with van der Waals surface area (Å²) in [6.07, 6.45) is 4.78. The third-order valence-electron chi connectivity index (χ3n) is 2.94. The Balaban J connectivity index is 3.91. The number of hydrogen-bond donors (Lipinski definition) is 1. The molecule has 15 heavy (non-hydrogen) atoms. The van der Waals surface area contributed by atoms with Crippen LogP contribution < -0.4 is 5.73 Å². The number of ether oxygens (including phenoxy) is 1. The fraction of sp³-hybridized carbons (Fsp3) is 1.00. The molecule has 0 spiro atoms. The molecule has 92 valence electrons. The number of hydrogen-bond acceptors (Lipinski definition) is 3. The van der Waals surface area contributed by atoms with Crippen molar-refractivity contribution in [2.75, 3.05) is 33.4 Å². The van der Waals surface area contributed by atoms with Crippen molar-refractivity contribution in [3.63, 3.8) is 0 Å². The largest absolute Gasteiger partial charge is 0.383 e. The normalized spacial score (nSPS) is 11.6. The van der Waals surface area contributed by atoms with Crippen LogP contribution in [0.4, 0.5) is 0 Å². The highest BCUT2D eigenvalue weighted by Crippen LogP contribution is 2.09. The number of unbranched alkanes of at least 4 members (excludes halogenated alkanes) is 1. The molecule has 0 rings (SSSR count). The lowest BCUT2D eigenvalue weighted by Crippen LogP contribution is -2.37. The first-order chi connectivity index (χ1) is 7.29. The van der Waals surface area contributed by atoms with E-state index in [1.807, 2.05) is 0 Å². The van der Waals surface area contributed by atoms with E-state index in [0.29, 0.717) is 6.04 Å². The topological polar surface area (TPSA) is 38.5 Å². The molecule has 0 aromatic rings. The minimum absolute atomic E-state index is 0.706. The van der Waals surface area contributed by atoms with Gasteiger partial charge < -0.3 is 10.5 Å². The zero-order valence-corrected chi connectivity index (χ0v) is 10.7. The molecule has 0 unspecified atom stereocenters. The third kappa shape index (κ3) is 6.88. The Hall–Kier alpha value is -0.120. The van der Waals surface area contributed by atoms with E-state index in [1.165, 1.54) is 19.3 Å². The van der Waals surface area contributed by atoms with E-state index >= 15 is 0 Å². The molecule has 0 radical (unpaired) electrons. The molecule has 0 aromatic heterocycles. The molecule has 3 nitrogen and oxygen atoms in total. The maximum Gasteiger partial charge on any atom is 0.0589 e. The van der Waals surface area contributed by atoms with E-state index < -0.39 is 0 Å². The Morgan fingerprint density at radius 3 is 2.27 bits per heavy atom. The van der Waals surface area contributed by atoms with Gasteiger partial charge in [0.1, 0.15) is 0 Å². The second-order valence-corrected chi connectivity index (χ2v) is 3.99. The zero-order valence-electron chi connectivity index (χ0n) is 10.7. The number of nitrogens with zero attached hydrogens (tertiary/aromatic N) is 1. The lowest BCUT2D eigenvalue weighted by Gasteiger charge is -2.30. The van der Waals surface area contributed by atoms with Gasteiger partial charge in [-0.25, -0.2) is 0 Å². The number of methoxy groups -OCH3 is 1. The molecule has 0 aliphatic rings. The van der Waals surface area contributed by atoms with E-state index in [1.54, 1.807) is 7.11 Å². The highest BCUT2D eigenvalue weighted by atomic mass is 16.5. The molecule has 0 aromatic carbocycles. The van der Waals surface area contributed by atoms with Crippen LogP contribution in [-0.4, -0.2) is 44.3 Å². The van der Waals surface area contributed by atoms with E-state index in [-0.39, 0.29) is 0 Å². The zero-order chi connectivity index (χ0) is 11.5. The van der Waals surface area contributed by atoms with Gasteiger partial charge in [0, 0.05) is 19.7 Å². The van der Waals surface area contributed by atoms with Crippen molar-refractivity contribution in [3.8, 4) is 0 Å². The molecule has 0 atom stereocenters. The first-order valence-corrected chi connectivity index (χ1v) is 6.23. The van der Waals surface area contributed by atoms with Crippen molar-refractivity contribution in [2.24, 2.45) is 5.73 Å². The standard InChI is InChI=1S/C12H28N2O/c1-4-12(5-2)14(10-11-15-3)9-7-6-8-13/h12H,4-11,13H2,1-3H3. The lowest BCUT2D eigenvalue weighted by atomic mass is 10.1. The third-order valence-corrected chi connectivity index (χ3v) is 2.94. The fourth-order valence-electron chi connectivity index (χ4n) is 1.95. The molecule has 0 aliphatic heterocycles. The van der Waals surface area contributed by atoms with Gasteiger partial charge >= 0.3 is 0 Å². The van der Waals surface area contributed by atoms with Crippen molar-refractivity contribution in [1.29, 1.82) is 0 Å². The summed E-state index contributed by atoms with van der Waals surface area (Å²) in [5.41, 5.74) is 5.51. The molecule has 0 saturated heterocycles. The van der Waals surface area contributed by atoms with E-state index in [4.69, 9.17) is 10.5 Å². The molecule has 0 saturated carbocycles. The van der Waals surface area contributed by atoms with Crippen LogP contribution in [0.1, 0.15) is 39.5 Å². The maximum absolute atomic E-state index is 5.51. The summed E-state index contributed by atoms with van der Waals surface area (Å²) >= 11 is 0. The Kier molecular flexibility index (Phi) is 10.3. The predicted molar refractivity (Wildman–Crippen MR) is 66.1 cm³/mol. The van der Waals surface area contributed by atoms with Gasteiger partial charge in [-0.2, -0.15) is 0 Å². The summed E-state index contributed by atoms with van der Waals surface area (Å²) in [6, 6.07) is 0.706. The minimum Gasteiger partial charge on any atom is -0.383 e. The predicted octanol–water partition coefficient (Wildman–Crippen LogP) is 1.86. The lowest BCUT2D eigenvalue weighted by molar-refractivity contribution is 0.114. The van der Waals surface area contributed by atoms with Crippen molar-refractivity contribution in [3.05, 3.63) is 0 Å². The van der Waals surface area contributed by atoms with Gasteiger partial charge in [-0.05, 0) is 38.8 Å². The molecule has 0 heterocycles. The van der Waals surface area contributed by atoms with E-state index in [0.717, 1.165) is 32.7 Å². The summed E-state index contributed by atoms with van der Waals surface area (Å²) in [5.74, 6) is 0. The summed E-state index contributed by atoms with van der Waals surface area (Å²) in [7, 11) is 1.77. The van der Waals surface area contributed by atoms with Crippen LogP contribution in [0.2, 0.25) is 0 Å². The summed E-state index contributed by atoms with van der Waals surface area (Å²) in [4.78, 5) is 2.54.